The van der Waals surface area contributed by atoms with E-state index in [4.69, 9.17) is 4.42 Å². The molecule has 1 aliphatic rings. The summed E-state index contributed by atoms with van der Waals surface area (Å²) in [4.78, 5) is 23.4. The quantitative estimate of drug-likeness (QED) is 0.461. The van der Waals surface area contributed by atoms with E-state index in [2.05, 4.69) is 21.9 Å². The summed E-state index contributed by atoms with van der Waals surface area (Å²) in [7, 11) is 2.06. The Labute approximate surface area is 189 Å². The predicted octanol–water partition coefficient (Wildman–Crippen LogP) is 4.14. The minimum absolute atomic E-state index is 0.296. The molecule has 2 aromatic carbocycles. The zero-order chi connectivity index (χ0) is 22.9. The van der Waals surface area contributed by atoms with Gasteiger partial charge in [0.15, 0.2) is 0 Å². The first kappa shape index (κ1) is 21.0. The molecule has 0 unspecified atom stereocenters. The second-order valence-corrected chi connectivity index (χ2v) is 8.17. The SMILES string of the molecule is CN1CCN(c2ccc(N=Cc3c(O)[nH]c(=O)c4ccc(-c5ccoc5)cc34)cc2F)CC1. The number of anilines is 1. The summed E-state index contributed by atoms with van der Waals surface area (Å²) in [5, 5.41) is 11.4. The number of nitrogens with zero attached hydrogens (tertiary/aromatic N) is 3. The zero-order valence-corrected chi connectivity index (χ0v) is 18.1. The number of hydrogen-bond donors (Lipinski definition) is 2. The fourth-order valence-corrected chi connectivity index (χ4v) is 4.09. The molecular formula is C25H23FN4O3. The Morgan fingerprint density at radius 1 is 1.06 bits per heavy atom. The smallest absolute Gasteiger partial charge is 0.258 e. The Kier molecular flexibility index (Phi) is 5.43. The monoisotopic (exact) mass is 446 g/mol. The molecule has 5 rings (SSSR count). The normalized spacial score (nSPS) is 15.0. The molecule has 1 aliphatic heterocycles. The molecule has 0 amide bonds. The Morgan fingerprint density at radius 2 is 1.88 bits per heavy atom. The van der Waals surface area contributed by atoms with Crippen molar-refractivity contribution in [3.8, 4) is 17.0 Å². The number of aromatic hydroxyl groups is 1. The van der Waals surface area contributed by atoms with E-state index in [1.807, 2.05) is 17.0 Å². The van der Waals surface area contributed by atoms with E-state index >= 15 is 0 Å². The van der Waals surface area contributed by atoms with Gasteiger partial charge in [-0.05, 0) is 42.9 Å². The standard InChI is InChI=1S/C25H23FN4O3/c1-29-7-9-30(10-8-29)23-5-3-18(13-22(23)26)27-14-21-20-12-16(17-6-11-33-15-17)2-4-19(20)24(31)28-25(21)32/h2-6,11-15H,7-10H2,1H3,(H2,28,31,32). The number of aliphatic imine (C=N–C) groups is 1. The molecule has 0 atom stereocenters. The number of furan rings is 1. The minimum atomic E-state index is -0.402. The van der Waals surface area contributed by atoms with Crippen molar-refractivity contribution in [3.05, 3.63) is 76.7 Å². The molecule has 3 heterocycles. The average molecular weight is 446 g/mol. The third-order valence-electron chi connectivity index (χ3n) is 6.01. The number of benzene rings is 2. The van der Waals surface area contributed by atoms with Crippen LogP contribution in [0.2, 0.25) is 0 Å². The summed E-state index contributed by atoms with van der Waals surface area (Å²) in [5.74, 6) is -0.637. The van der Waals surface area contributed by atoms with E-state index in [9.17, 15) is 14.3 Å². The van der Waals surface area contributed by atoms with Crippen LogP contribution < -0.4 is 10.5 Å². The summed E-state index contributed by atoms with van der Waals surface area (Å²) in [5.41, 5.74) is 2.60. The highest BCUT2D eigenvalue weighted by molar-refractivity contribution is 6.03. The molecule has 0 saturated carbocycles. The van der Waals surface area contributed by atoms with Gasteiger partial charge in [-0.2, -0.15) is 0 Å². The Morgan fingerprint density at radius 3 is 2.61 bits per heavy atom. The number of hydrogen-bond acceptors (Lipinski definition) is 6. The lowest BCUT2D eigenvalue weighted by atomic mass is 10.0. The number of rotatable bonds is 4. The first-order valence-corrected chi connectivity index (χ1v) is 10.7. The molecule has 0 aliphatic carbocycles. The first-order chi connectivity index (χ1) is 16.0. The van der Waals surface area contributed by atoms with Gasteiger partial charge in [-0.1, -0.05) is 6.07 Å². The van der Waals surface area contributed by atoms with Crippen molar-refractivity contribution in [1.29, 1.82) is 0 Å². The predicted molar refractivity (Wildman–Crippen MR) is 127 cm³/mol. The van der Waals surface area contributed by atoms with Crippen molar-refractivity contribution in [2.24, 2.45) is 4.99 Å². The lowest BCUT2D eigenvalue weighted by Crippen LogP contribution is -2.44. The number of pyridine rings is 1. The third-order valence-corrected chi connectivity index (χ3v) is 6.01. The summed E-state index contributed by atoms with van der Waals surface area (Å²) in [6.45, 7) is 3.32. The Bertz CT molecular complexity index is 1390. The maximum atomic E-state index is 14.8. The Balaban J connectivity index is 1.49. The van der Waals surface area contributed by atoms with Gasteiger partial charge in [0, 0.05) is 54.8 Å². The van der Waals surface area contributed by atoms with Gasteiger partial charge in [0.05, 0.1) is 29.5 Å². The molecule has 4 aromatic rings. The third kappa shape index (κ3) is 4.12. The number of H-pyrrole nitrogens is 1. The van der Waals surface area contributed by atoms with Crippen LogP contribution in [0.25, 0.3) is 21.9 Å². The van der Waals surface area contributed by atoms with Crippen LogP contribution in [-0.2, 0) is 0 Å². The zero-order valence-electron chi connectivity index (χ0n) is 18.1. The number of fused-ring (bicyclic) bond motifs is 1. The fraction of sp³-hybridized carbons (Fsp3) is 0.200. The number of halogens is 1. The lowest BCUT2D eigenvalue weighted by Gasteiger charge is -2.34. The molecule has 2 aromatic heterocycles. The molecule has 0 spiro atoms. The van der Waals surface area contributed by atoms with E-state index in [-0.39, 0.29) is 11.7 Å². The average Bonchev–Trinajstić information content (AvgIpc) is 3.34. The van der Waals surface area contributed by atoms with Crippen LogP contribution in [0.15, 0.2) is 69.2 Å². The van der Waals surface area contributed by atoms with E-state index in [0.717, 1.165) is 37.3 Å². The molecule has 1 fully saturated rings. The topological polar surface area (TPSA) is 85.1 Å². The highest BCUT2D eigenvalue weighted by atomic mass is 19.1. The number of likely N-dealkylation sites (N-methyl/N-ethyl adjacent to an activating group) is 1. The molecule has 8 heteroatoms. The molecule has 33 heavy (non-hydrogen) atoms. The summed E-state index contributed by atoms with van der Waals surface area (Å²) in [6, 6.07) is 12.0. The van der Waals surface area contributed by atoms with Gasteiger partial charge in [-0.25, -0.2) is 4.39 Å². The van der Waals surface area contributed by atoms with Crippen molar-refractivity contribution in [2.45, 2.75) is 0 Å². The van der Waals surface area contributed by atoms with Gasteiger partial charge >= 0.3 is 0 Å². The van der Waals surface area contributed by atoms with Crippen molar-refractivity contribution in [3.63, 3.8) is 0 Å². The Hall–Kier alpha value is -3.91. The van der Waals surface area contributed by atoms with E-state index in [1.165, 1.54) is 12.3 Å². The second kappa shape index (κ2) is 8.55. The molecule has 2 N–H and O–H groups in total. The lowest BCUT2D eigenvalue weighted by molar-refractivity contribution is 0.311. The van der Waals surface area contributed by atoms with Crippen LogP contribution in [0.1, 0.15) is 5.56 Å². The van der Waals surface area contributed by atoms with Gasteiger partial charge < -0.3 is 19.3 Å². The fourth-order valence-electron chi connectivity index (χ4n) is 4.09. The summed E-state index contributed by atoms with van der Waals surface area (Å²) in [6.07, 6.45) is 4.61. The van der Waals surface area contributed by atoms with Gasteiger partial charge in [0.2, 0.25) is 5.88 Å². The first-order valence-electron chi connectivity index (χ1n) is 10.7. The highest BCUT2D eigenvalue weighted by Crippen LogP contribution is 2.29. The van der Waals surface area contributed by atoms with E-state index < -0.39 is 5.56 Å². The van der Waals surface area contributed by atoms with Crippen molar-refractivity contribution in [2.75, 3.05) is 38.1 Å². The number of nitrogens with one attached hydrogen (secondary N) is 1. The van der Waals surface area contributed by atoms with Crippen LogP contribution in [0, 0.1) is 5.82 Å². The van der Waals surface area contributed by atoms with Crippen LogP contribution in [0.3, 0.4) is 0 Å². The van der Waals surface area contributed by atoms with Gasteiger partial charge in [-0.3, -0.25) is 14.8 Å². The van der Waals surface area contributed by atoms with Gasteiger partial charge in [0.25, 0.3) is 5.56 Å². The highest BCUT2D eigenvalue weighted by Gasteiger charge is 2.17. The van der Waals surface area contributed by atoms with Gasteiger partial charge in [0.1, 0.15) is 5.82 Å². The number of piperazine rings is 1. The second-order valence-electron chi connectivity index (χ2n) is 8.17. The maximum Gasteiger partial charge on any atom is 0.258 e. The van der Waals surface area contributed by atoms with Crippen molar-refractivity contribution in [1.82, 2.24) is 9.88 Å². The van der Waals surface area contributed by atoms with Gasteiger partial charge in [-0.15, -0.1) is 0 Å². The molecular weight excluding hydrogens is 423 g/mol. The number of aromatic amines is 1. The van der Waals surface area contributed by atoms with Crippen LogP contribution in [0.5, 0.6) is 5.88 Å². The summed E-state index contributed by atoms with van der Waals surface area (Å²) < 4.78 is 20.0. The van der Waals surface area contributed by atoms with E-state index in [0.29, 0.717) is 27.7 Å². The molecule has 168 valence electrons. The van der Waals surface area contributed by atoms with Crippen LogP contribution in [0.4, 0.5) is 15.8 Å². The molecule has 7 nitrogen and oxygen atoms in total. The van der Waals surface area contributed by atoms with Crippen molar-refractivity contribution >= 4 is 28.4 Å². The van der Waals surface area contributed by atoms with Crippen LogP contribution in [-0.4, -0.2) is 54.4 Å². The minimum Gasteiger partial charge on any atom is -0.494 e. The molecule has 0 radical (unpaired) electrons. The largest absolute Gasteiger partial charge is 0.494 e. The molecule has 0 bridgehead atoms. The maximum absolute atomic E-state index is 14.8. The van der Waals surface area contributed by atoms with E-state index in [1.54, 1.807) is 36.8 Å². The molecule has 1 saturated heterocycles. The van der Waals surface area contributed by atoms with Crippen LogP contribution >= 0.6 is 0 Å². The summed E-state index contributed by atoms with van der Waals surface area (Å²) >= 11 is 0. The van der Waals surface area contributed by atoms with Crippen molar-refractivity contribution < 1.29 is 13.9 Å². The number of aromatic nitrogens is 1.